The first-order valence-electron chi connectivity index (χ1n) is 8.65. The Morgan fingerprint density at radius 2 is 2.00 bits per heavy atom. The Hall–Kier alpha value is -3.42. The minimum atomic E-state index is -0.169. The first-order valence-corrected chi connectivity index (χ1v) is 8.65. The van der Waals surface area contributed by atoms with Gasteiger partial charge in [-0.05, 0) is 25.5 Å². The quantitative estimate of drug-likeness (QED) is 0.591. The van der Waals surface area contributed by atoms with E-state index >= 15 is 0 Å². The van der Waals surface area contributed by atoms with Gasteiger partial charge in [0.1, 0.15) is 29.5 Å². The van der Waals surface area contributed by atoms with Gasteiger partial charge in [0, 0.05) is 31.5 Å². The molecule has 0 aliphatic carbocycles. The molecule has 0 saturated carbocycles. The van der Waals surface area contributed by atoms with Gasteiger partial charge in [-0.3, -0.25) is 9.36 Å². The van der Waals surface area contributed by atoms with Crippen LogP contribution in [0.5, 0.6) is 5.75 Å². The third-order valence-corrected chi connectivity index (χ3v) is 3.93. The highest BCUT2D eigenvalue weighted by molar-refractivity contribution is 5.77. The van der Waals surface area contributed by atoms with Crippen LogP contribution in [0.2, 0.25) is 0 Å². The standard InChI is InChI=1S/C19H22N6O2/c1-14-5-3-4-6-16(14)27-12-19(26)22-8-7-21-17-11-18(24-13-23-17)25-10-9-20-15(25)2/h3-6,9-11,13H,7-8,12H2,1-2H3,(H,22,26)(H,21,23,24). The highest BCUT2D eigenvalue weighted by Crippen LogP contribution is 2.15. The van der Waals surface area contributed by atoms with Crippen molar-refractivity contribution >= 4 is 11.7 Å². The van der Waals surface area contributed by atoms with Crippen LogP contribution in [0.4, 0.5) is 5.82 Å². The summed E-state index contributed by atoms with van der Waals surface area (Å²) in [5.74, 6) is 2.81. The number of nitrogens with zero attached hydrogens (tertiary/aromatic N) is 4. The van der Waals surface area contributed by atoms with E-state index in [0.717, 1.165) is 17.2 Å². The van der Waals surface area contributed by atoms with Crippen LogP contribution < -0.4 is 15.4 Å². The molecule has 0 unspecified atom stereocenters. The molecule has 140 valence electrons. The van der Waals surface area contributed by atoms with E-state index in [1.165, 1.54) is 6.33 Å². The molecule has 0 spiro atoms. The number of aryl methyl sites for hydroxylation is 2. The maximum atomic E-state index is 11.9. The normalized spacial score (nSPS) is 10.4. The third-order valence-electron chi connectivity index (χ3n) is 3.93. The number of imidazole rings is 1. The number of carbonyl (C=O) groups is 1. The second-order valence-electron chi connectivity index (χ2n) is 5.94. The zero-order chi connectivity index (χ0) is 19.1. The molecule has 8 heteroatoms. The summed E-state index contributed by atoms with van der Waals surface area (Å²) in [4.78, 5) is 24.5. The molecule has 2 aromatic heterocycles. The molecule has 2 N–H and O–H groups in total. The van der Waals surface area contributed by atoms with Crippen molar-refractivity contribution in [3.05, 3.63) is 60.4 Å². The van der Waals surface area contributed by atoms with Crippen LogP contribution in [-0.2, 0) is 4.79 Å². The van der Waals surface area contributed by atoms with Crippen molar-refractivity contribution in [1.82, 2.24) is 24.8 Å². The predicted molar refractivity (Wildman–Crippen MR) is 102 cm³/mol. The monoisotopic (exact) mass is 366 g/mol. The number of carbonyl (C=O) groups excluding carboxylic acids is 1. The lowest BCUT2D eigenvalue weighted by Gasteiger charge is -2.10. The summed E-state index contributed by atoms with van der Waals surface area (Å²) < 4.78 is 7.39. The molecule has 0 aliphatic heterocycles. The van der Waals surface area contributed by atoms with Gasteiger partial charge in [-0.25, -0.2) is 15.0 Å². The van der Waals surface area contributed by atoms with E-state index in [0.29, 0.717) is 24.7 Å². The largest absolute Gasteiger partial charge is 0.484 e. The Morgan fingerprint density at radius 3 is 2.78 bits per heavy atom. The summed E-state index contributed by atoms with van der Waals surface area (Å²) in [6, 6.07) is 9.43. The molecule has 3 rings (SSSR count). The number of hydrogen-bond acceptors (Lipinski definition) is 6. The third kappa shape index (κ3) is 5.04. The fourth-order valence-corrected chi connectivity index (χ4v) is 2.50. The van der Waals surface area contributed by atoms with E-state index in [1.807, 2.05) is 54.9 Å². The summed E-state index contributed by atoms with van der Waals surface area (Å²) in [5, 5.41) is 5.97. The van der Waals surface area contributed by atoms with Crippen LogP contribution in [0, 0.1) is 13.8 Å². The van der Waals surface area contributed by atoms with Crippen LogP contribution in [0.15, 0.2) is 49.1 Å². The number of benzene rings is 1. The highest BCUT2D eigenvalue weighted by atomic mass is 16.5. The van der Waals surface area contributed by atoms with E-state index in [1.54, 1.807) is 6.20 Å². The molecule has 0 bridgehead atoms. The van der Waals surface area contributed by atoms with Crippen molar-refractivity contribution in [3.8, 4) is 11.6 Å². The molecular formula is C19H22N6O2. The highest BCUT2D eigenvalue weighted by Gasteiger charge is 2.05. The van der Waals surface area contributed by atoms with Crippen molar-refractivity contribution in [1.29, 1.82) is 0 Å². The van der Waals surface area contributed by atoms with E-state index in [9.17, 15) is 4.79 Å². The van der Waals surface area contributed by atoms with Crippen molar-refractivity contribution in [2.45, 2.75) is 13.8 Å². The molecule has 0 fully saturated rings. The zero-order valence-electron chi connectivity index (χ0n) is 15.3. The Bertz CT molecular complexity index is 908. The van der Waals surface area contributed by atoms with E-state index in [-0.39, 0.29) is 12.5 Å². The van der Waals surface area contributed by atoms with Crippen LogP contribution >= 0.6 is 0 Å². The number of anilines is 1. The summed E-state index contributed by atoms with van der Waals surface area (Å²) in [5.41, 5.74) is 1.000. The van der Waals surface area contributed by atoms with Crippen LogP contribution in [-0.4, -0.2) is 45.1 Å². The van der Waals surface area contributed by atoms with Gasteiger partial charge in [0.15, 0.2) is 6.61 Å². The number of amides is 1. The molecule has 8 nitrogen and oxygen atoms in total. The molecule has 27 heavy (non-hydrogen) atoms. The minimum absolute atomic E-state index is 0.0115. The van der Waals surface area contributed by atoms with E-state index in [2.05, 4.69) is 25.6 Å². The number of ether oxygens (including phenoxy) is 1. The summed E-state index contributed by atoms with van der Waals surface area (Å²) >= 11 is 0. The Kier molecular flexibility index (Phi) is 5.98. The van der Waals surface area contributed by atoms with Crippen molar-refractivity contribution in [2.75, 3.05) is 25.0 Å². The fourth-order valence-electron chi connectivity index (χ4n) is 2.50. The van der Waals surface area contributed by atoms with Gasteiger partial charge in [0.2, 0.25) is 0 Å². The van der Waals surface area contributed by atoms with Gasteiger partial charge in [-0.1, -0.05) is 18.2 Å². The van der Waals surface area contributed by atoms with Gasteiger partial charge in [-0.2, -0.15) is 0 Å². The molecular weight excluding hydrogens is 344 g/mol. The van der Waals surface area contributed by atoms with Crippen LogP contribution in [0.25, 0.3) is 5.82 Å². The number of hydrogen-bond donors (Lipinski definition) is 2. The second kappa shape index (κ2) is 8.79. The number of rotatable bonds is 8. The average Bonchev–Trinajstić information content (AvgIpc) is 3.11. The molecule has 3 aromatic rings. The average molecular weight is 366 g/mol. The molecule has 0 aliphatic rings. The van der Waals surface area contributed by atoms with Crippen LogP contribution in [0.3, 0.4) is 0 Å². The first kappa shape index (κ1) is 18.4. The van der Waals surface area contributed by atoms with Gasteiger partial charge >= 0.3 is 0 Å². The molecule has 1 aromatic carbocycles. The molecule has 0 radical (unpaired) electrons. The topological polar surface area (TPSA) is 94.0 Å². The molecule has 0 saturated heterocycles. The van der Waals surface area contributed by atoms with E-state index in [4.69, 9.17) is 4.74 Å². The first-order chi connectivity index (χ1) is 13.1. The van der Waals surface area contributed by atoms with Gasteiger partial charge < -0.3 is 15.4 Å². The summed E-state index contributed by atoms with van der Waals surface area (Å²) in [6.07, 6.45) is 5.06. The lowest BCUT2D eigenvalue weighted by Crippen LogP contribution is -2.32. The van der Waals surface area contributed by atoms with Gasteiger partial charge in [0.05, 0.1) is 0 Å². The Morgan fingerprint density at radius 1 is 1.15 bits per heavy atom. The van der Waals surface area contributed by atoms with Crippen molar-refractivity contribution < 1.29 is 9.53 Å². The minimum Gasteiger partial charge on any atom is -0.484 e. The molecule has 0 atom stereocenters. The Labute approximate surface area is 157 Å². The SMILES string of the molecule is Cc1ccccc1OCC(=O)NCCNc1cc(-n2ccnc2C)ncn1. The lowest BCUT2D eigenvalue weighted by atomic mass is 10.2. The smallest absolute Gasteiger partial charge is 0.258 e. The fraction of sp³-hybridized carbons (Fsp3) is 0.263. The van der Waals surface area contributed by atoms with Crippen molar-refractivity contribution in [2.24, 2.45) is 0 Å². The predicted octanol–water partition coefficient (Wildman–Crippen LogP) is 1.89. The Balaban J connectivity index is 1.42. The van der Waals surface area contributed by atoms with Gasteiger partial charge in [-0.15, -0.1) is 0 Å². The summed E-state index contributed by atoms with van der Waals surface area (Å²) in [6.45, 7) is 4.83. The number of nitrogens with one attached hydrogen (secondary N) is 2. The molecule has 2 heterocycles. The number of aromatic nitrogens is 4. The van der Waals surface area contributed by atoms with Gasteiger partial charge in [0.25, 0.3) is 5.91 Å². The maximum absolute atomic E-state index is 11.9. The number of para-hydroxylation sites is 1. The van der Waals surface area contributed by atoms with E-state index < -0.39 is 0 Å². The van der Waals surface area contributed by atoms with Crippen molar-refractivity contribution in [3.63, 3.8) is 0 Å². The lowest BCUT2D eigenvalue weighted by molar-refractivity contribution is -0.123. The summed E-state index contributed by atoms with van der Waals surface area (Å²) in [7, 11) is 0. The second-order valence-corrected chi connectivity index (χ2v) is 5.94. The zero-order valence-corrected chi connectivity index (χ0v) is 15.3. The van der Waals surface area contributed by atoms with Crippen LogP contribution in [0.1, 0.15) is 11.4 Å². The maximum Gasteiger partial charge on any atom is 0.258 e. The molecule has 1 amide bonds.